The lowest BCUT2D eigenvalue weighted by atomic mass is 10.0. The lowest BCUT2D eigenvalue weighted by molar-refractivity contribution is -0.131. The maximum absolute atomic E-state index is 11.9. The lowest BCUT2D eigenvalue weighted by Gasteiger charge is -2.16. The molecule has 0 aromatic heterocycles. The molecule has 6 nitrogen and oxygen atoms in total. The van der Waals surface area contributed by atoms with Crippen LogP contribution >= 0.6 is 0 Å². The highest BCUT2D eigenvalue weighted by Gasteiger charge is 2.19. The maximum Gasteiger partial charge on any atom is 0.338 e. The van der Waals surface area contributed by atoms with E-state index in [1.54, 1.807) is 18.2 Å². The van der Waals surface area contributed by atoms with Crippen LogP contribution in [0.15, 0.2) is 24.3 Å². The van der Waals surface area contributed by atoms with Crippen LogP contribution in [-0.2, 0) is 9.53 Å². The van der Waals surface area contributed by atoms with Crippen LogP contribution in [0.1, 0.15) is 31.1 Å². The normalized spacial score (nSPS) is 10.3. The van der Waals surface area contributed by atoms with Crippen LogP contribution in [0.2, 0.25) is 0 Å². The summed E-state index contributed by atoms with van der Waals surface area (Å²) in [7, 11) is 1.29. The molecule has 0 aliphatic heterocycles. The molecule has 0 fully saturated rings. The van der Waals surface area contributed by atoms with E-state index in [1.165, 1.54) is 20.1 Å². The molecule has 2 aromatic carbocycles. The van der Waals surface area contributed by atoms with Crippen LogP contribution in [0, 0.1) is 0 Å². The molecular formula is C18H20O6. The van der Waals surface area contributed by atoms with Gasteiger partial charge in [-0.15, -0.1) is 0 Å². The minimum Gasteiger partial charge on any atom is -0.493 e. The number of hydrogen-bond donors (Lipinski definition) is 0. The van der Waals surface area contributed by atoms with Gasteiger partial charge in [-0.3, -0.25) is 4.79 Å². The highest BCUT2D eigenvalue weighted by Crippen LogP contribution is 2.40. The number of benzene rings is 2. The van der Waals surface area contributed by atoms with E-state index in [9.17, 15) is 9.59 Å². The molecule has 0 aliphatic rings. The Kier molecular flexibility index (Phi) is 5.63. The Hall–Kier alpha value is -2.76. The summed E-state index contributed by atoms with van der Waals surface area (Å²) in [6, 6.07) is 6.62. The van der Waals surface area contributed by atoms with Gasteiger partial charge in [-0.05, 0) is 38.1 Å². The first-order valence-corrected chi connectivity index (χ1v) is 7.64. The van der Waals surface area contributed by atoms with Crippen molar-refractivity contribution in [2.45, 2.75) is 20.8 Å². The van der Waals surface area contributed by atoms with Crippen molar-refractivity contribution in [2.75, 3.05) is 20.3 Å². The van der Waals surface area contributed by atoms with Gasteiger partial charge >= 0.3 is 11.9 Å². The number of fused-ring (bicyclic) bond motifs is 1. The molecule has 0 N–H and O–H groups in total. The average Bonchev–Trinajstić information content (AvgIpc) is 2.55. The third kappa shape index (κ3) is 3.59. The molecule has 0 spiro atoms. The summed E-state index contributed by atoms with van der Waals surface area (Å²) in [4.78, 5) is 23.4. The van der Waals surface area contributed by atoms with Crippen molar-refractivity contribution in [1.29, 1.82) is 0 Å². The van der Waals surface area contributed by atoms with E-state index in [1.807, 2.05) is 13.8 Å². The van der Waals surface area contributed by atoms with Gasteiger partial charge < -0.3 is 18.9 Å². The third-order valence-corrected chi connectivity index (χ3v) is 3.27. The molecule has 0 saturated heterocycles. The summed E-state index contributed by atoms with van der Waals surface area (Å²) in [6.45, 7) is 5.91. The Bertz CT molecular complexity index is 766. The van der Waals surface area contributed by atoms with E-state index in [0.717, 1.165) is 0 Å². The van der Waals surface area contributed by atoms with Crippen molar-refractivity contribution in [3.8, 4) is 17.2 Å². The predicted octanol–water partition coefficient (Wildman–Crippen LogP) is 3.35. The zero-order valence-electron chi connectivity index (χ0n) is 14.2. The zero-order valence-corrected chi connectivity index (χ0v) is 14.2. The zero-order chi connectivity index (χ0) is 17.7. The largest absolute Gasteiger partial charge is 0.493 e. The van der Waals surface area contributed by atoms with Gasteiger partial charge in [-0.1, -0.05) is 0 Å². The van der Waals surface area contributed by atoms with Gasteiger partial charge in [0.15, 0.2) is 0 Å². The fourth-order valence-corrected chi connectivity index (χ4v) is 2.42. The second-order valence-electron chi connectivity index (χ2n) is 4.91. The summed E-state index contributed by atoms with van der Waals surface area (Å²) in [5.74, 6) is 0.307. The van der Waals surface area contributed by atoms with E-state index < -0.39 is 11.9 Å². The van der Waals surface area contributed by atoms with Gasteiger partial charge in [0.05, 0.1) is 31.3 Å². The number of ether oxygens (including phenoxy) is 4. The summed E-state index contributed by atoms with van der Waals surface area (Å²) in [6.07, 6.45) is 0. The molecule has 0 radical (unpaired) electrons. The molecule has 0 bridgehead atoms. The minimum absolute atomic E-state index is 0.227. The molecule has 128 valence electrons. The minimum atomic E-state index is -0.533. The van der Waals surface area contributed by atoms with Crippen molar-refractivity contribution in [1.82, 2.24) is 0 Å². The fraction of sp³-hybridized carbons (Fsp3) is 0.333. The lowest BCUT2D eigenvalue weighted by Crippen LogP contribution is -2.07. The van der Waals surface area contributed by atoms with Crippen LogP contribution in [0.3, 0.4) is 0 Å². The first kappa shape index (κ1) is 17.6. The SMILES string of the molecule is CCOc1ccc(OCC)c2c(OC(C)=O)cc(C(=O)OC)cc12. The Morgan fingerprint density at radius 2 is 1.58 bits per heavy atom. The summed E-state index contributed by atoms with van der Waals surface area (Å²) >= 11 is 0. The number of methoxy groups -OCH3 is 1. The van der Waals surface area contributed by atoms with Gasteiger partial charge in [0.25, 0.3) is 0 Å². The van der Waals surface area contributed by atoms with Crippen LogP contribution in [0.25, 0.3) is 10.8 Å². The molecule has 0 amide bonds. The number of esters is 2. The molecule has 0 aliphatic carbocycles. The van der Waals surface area contributed by atoms with Crippen LogP contribution < -0.4 is 14.2 Å². The van der Waals surface area contributed by atoms with Crippen LogP contribution in [-0.4, -0.2) is 32.3 Å². The highest BCUT2D eigenvalue weighted by atomic mass is 16.5. The Balaban J connectivity index is 2.82. The van der Waals surface area contributed by atoms with E-state index >= 15 is 0 Å². The Morgan fingerprint density at radius 1 is 0.958 bits per heavy atom. The predicted molar refractivity (Wildman–Crippen MR) is 88.9 cm³/mol. The van der Waals surface area contributed by atoms with Crippen molar-refractivity contribution in [3.05, 3.63) is 29.8 Å². The Morgan fingerprint density at radius 3 is 2.17 bits per heavy atom. The molecule has 0 unspecified atom stereocenters. The molecule has 2 rings (SSSR count). The van der Waals surface area contributed by atoms with Crippen molar-refractivity contribution < 1.29 is 28.5 Å². The third-order valence-electron chi connectivity index (χ3n) is 3.27. The van der Waals surface area contributed by atoms with Gasteiger partial charge in [-0.25, -0.2) is 4.79 Å². The summed E-state index contributed by atoms with van der Waals surface area (Å²) < 4.78 is 21.3. The van der Waals surface area contributed by atoms with Gasteiger partial charge in [0, 0.05) is 12.3 Å². The Labute approximate surface area is 140 Å². The summed E-state index contributed by atoms with van der Waals surface area (Å²) in [5, 5.41) is 1.19. The standard InChI is InChI=1S/C18H20O6/c1-5-22-14-7-8-15(23-6-2)17-13(14)9-12(18(20)21-4)10-16(17)24-11(3)19/h7-10H,5-6H2,1-4H3. The number of hydrogen-bond acceptors (Lipinski definition) is 6. The average molecular weight is 332 g/mol. The van der Waals surface area contributed by atoms with Gasteiger partial charge in [-0.2, -0.15) is 0 Å². The monoisotopic (exact) mass is 332 g/mol. The number of rotatable bonds is 6. The van der Waals surface area contributed by atoms with Crippen LogP contribution in [0.4, 0.5) is 0 Å². The molecule has 6 heteroatoms. The number of carbonyl (C=O) groups is 2. The van der Waals surface area contributed by atoms with E-state index in [-0.39, 0.29) is 11.3 Å². The molecule has 2 aromatic rings. The van der Waals surface area contributed by atoms with Gasteiger partial charge in [0.1, 0.15) is 17.2 Å². The first-order valence-electron chi connectivity index (χ1n) is 7.64. The van der Waals surface area contributed by atoms with E-state index in [2.05, 4.69) is 0 Å². The summed E-state index contributed by atoms with van der Waals surface area (Å²) in [5.41, 5.74) is 0.260. The smallest absolute Gasteiger partial charge is 0.338 e. The second kappa shape index (κ2) is 7.68. The molecule has 0 saturated carbocycles. The van der Waals surface area contributed by atoms with Crippen molar-refractivity contribution in [3.63, 3.8) is 0 Å². The maximum atomic E-state index is 11.9. The molecule has 0 heterocycles. The quantitative estimate of drug-likeness (QED) is 0.597. The topological polar surface area (TPSA) is 71.1 Å². The molecule has 24 heavy (non-hydrogen) atoms. The molecular weight excluding hydrogens is 312 g/mol. The van der Waals surface area contributed by atoms with Gasteiger partial charge in [0.2, 0.25) is 0 Å². The molecule has 0 atom stereocenters. The number of carbonyl (C=O) groups excluding carboxylic acids is 2. The van der Waals surface area contributed by atoms with E-state index in [4.69, 9.17) is 18.9 Å². The second-order valence-corrected chi connectivity index (χ2v) is 4.91. The highest BCUT2D eigenvalue weighted by molar-refractivity contribution is 6.04. The van der Waals surface area contributed by atoms with Crippen molar-refractivity contribution in [2.24, 2.45) is 0 Å². The first-order chi connectivity index (χ1) is 11.5. The van der Waals surface area contributed by atoms with Crippen molar-refractivity contribution >= 4 is 22.7 Å². The van der Waals surface area contributed by atoms with E-state index in [0.29, 0.717) is 35.5 Å². The fourth-order valence-electron chi connectivity index (χ4n) is 2.42. The van der Waals surface area contributed by atoms with Crippen LogP contribution in [0.5, 0.6) is 17.2 Å².